The molecule has 2 atom stereocenters. The molecule has 0 radical (unpaired) electrons. The standard InChI is InChI=1S/C17H29N3O2/c1-5-8-17(9-6-2)15(10-14-11-18-12-19-14)20(13(4)21)16(7-3)22-17/h11-12,15-16H,5-10H2,1-4H3,(H,18,19)/t15-,16-/m0/s1. The fourth-order valence-electron chi connectivity index (χ4n) is 3.87. The van der Waals surface area contributed by atoms with Crippen molar-refractivity contribution in [1.82, 2.24) is 14.9 Å². The van der Waals surface area contributed by atoms with Crippen LogP contribution in [0.1, 0.15) is 65.5 Å². The maximum absolute atomic E-state index is 12.3. The Labute approximate surface area is 133 Å². The number of carbonyl (C=O) groups excluding carboxylic acids is 1. The van der Waals surface area contributed by atoms with Gasteiger partial charge in [0.05, 0.1) is 18.0 Å². The molecule has 22 heavy (non-hydrogen) atoms. The van der Waals surface area contributed by atoms with Crippen molar-refractivity contribution >= 4 is 5.91 Å². The number of ether oxygens (including phenoxy) is 1. The summed E-state index contributed by atoms with van der Waals surface area (Å²) in [4.78, 5) is 21.5. The van der Waals surface area contributed by atoms with Crippen molar-refractivity contribution in [3.05, 3.63) is 18.2 Å². The molecular formula is C17H29N3O2. The highest BCUT2D eigenvalue weighted by Crippen LogP contribution is 2.42. The smallest absolute Gasteiger partial charge is 0.221 e. The topological polar surface area (TPSA) is 58.2 Å². The number of nitrogens with one attached hydrogen (secondary N) is 1. The van der Waals surface area contributed by atoms with Gasteiger partial charge in [0.1, 0.15) is 6.23 Å². The molecule has 1 aliphatic heterocycles. The average molecular weight is 307 g/mol. The van der Waals surface area contributed by atoms with E-state index in [1.165, 1.54) is 0 Å². The summed E-state index contributed by atoms with van der Waals surface area (Å²) in [5.74, 6) is 0.102. The molecule has 5 heteroatoms. The number of rotatable bonds is 7. The second kappa shape index (κ2) is 7.27. The first-order chi connectivity index (χ1) is 10.6. The number of imidazole rings is 1. The molecule has 1 aromatic rings. The van der Waals surface area contributed by atoms with Gasteiger partial charge in [0.2, 0.25) is 5.91 Å². The minimum atomic E-state index is -0.235. The van der Waals surface area contributed by atoms with E-state index in [1.54, 1.807) is 13.3 Å². The summed E-state index contributed by atoms with van der Waals surface area (Å²) >= 11 is 0. The lowest BCUT2D eigenvalue weighted by atomic mass is 9.82. The number of hydrogen-bond donors (Lipinski definition) is 1. The lowest BCUT2D eigenvalue weighted by molar-refractivity contribution is -0.136. The Hall–Kier alpha value is -1.36. The van der Waals surface area contributed by atoms with E-state index in [0.29, 0.717) is 0 Å². The molecule has 0 aromatic carbocycles. The van der Waals surface area contributed by atoms with Gasteiger partial charge in [0.15, 0.2) is 0 Å². The Balaban J connectivity index is 2.37. The average Bonchev–Trinajstić information content (AvgIpc) is 3.07. The first-order valence-electron chi connectivity index (χ1n) is 8.51. The van der Waals surface area contributed by atoms with Crippen molar-refractivity contribution in [3.8, 4) is 0 Å². The molecule has 1 fully saturated rings. The number of carbonyl (C=O) groups is 1. The molecule has 5 nitrogen and oxygen atoms in total. The van der Waals surface area contributed by atoms with Gasteiger partial charge in [-0.1, -0.05) is 33.6 Å². The van der Waals surface area contributed by atoms with Crippen LogP contribution in [0.25, 0.3) is 0 Å². The summed E-state index contributed by atoms with van der Waals surface area (Å²) < 4.78 is 6.49. The minimum Gasteiger partial charge on any atom is -0.350 e. The minimum absolute atomic E-state index is 0.0790. The highest BCUT2D eigenvalue weighted by molar-refractivity contribution is 5.74. The van der Waals surface area contributed by atoms with Gasteiger partial charge in [-0.15, -0.1) is 0 Å². The Bertz CT molecular complexity index is 466. The summed E-state index contributed by atoms with van der Waals surface area (Å²) in [6.07, 6.45) is 9.12. The Kier molecular flexibility index (Phi) is 5.62. The van der Waals surface area contributed by atoms with E-state index < -0.39 is 0 Å². The van der Waals surface area contributed by atoms with E-state index in [4.69, 9.17) is 4.74 Å². The zero-order chi connectivity index (χ0) is 16.2. The number of amides is 1. The van der Waals surface area contributed by atoms with Gasteiger partial charge in [-0.3, -0.25) is 4.79 Å². The summed E-state index contributed by atoms with van der Waals surface area (Å²) in [6, 6.07) is 0.0790. The molecule has 1 aliphatic rings. The monoisotopic (exact) mass is 307 g/mol. The highest BCUT2D eigenvalue weighted by atomic mass is 16.5. The van der Waals surface area contributed by atoms with E-state index in [9.17, 15) is 4.79 Å². The van der Waals surface area contributed by atoms with Crippen LogP contribution in [0.3, 0.4) is 0 Å². The first kappa shape index (κ1) is 17.0. The van der Waals surface area contributed by atoms with Crippen molar-refractivity contribution in [2.24, 2.45) is 0 Å². The van der Waals surface area contributed by atoms with Gasteiger partial charge in [0, 0.05) is 25.2 Å². The summed E-state index contributed by atoms with van der Waals surface area (Å²) in [7, 11) is 0. The molecule has 0 bridgehead atoms. The van der Waals surface area contributed by atoms with Crippen molar-refractivity contribution < 1.29 is 9.53 Å². The zero-order valence-corrected chi connectivity index (χ0v) is 14.3. The molecule has 2 rings (SSSR count). The van der Waals surface area contributed by atoms with Crippen LogP contribution in [-0.2, 0) is 16.0 Å². The third kappa shape index (κ3) is 3.19. The van der Waals surface area contributed by atoms with Gasteiger partial charge in [-0.05, 0) is 19.3 Å². The Morgan fingerprint density at radius 1 is 1.36 bits per heavy atom. The van der Waals surface area contributed by atoms with Gasteiger partial charge in [-0.2, -0.15) is 0 Å². The molecule has 1 saturated heterocycles. The van der Waals surface area contributed by atoms with Gasteiger partial charge < -0.3 is 14.6 Å². The molecule has 0 aliphatic carbocycles. The predicted octanol–water partition coefficient (Wildman–Crippen LogP) is 3.27. The van der Waals surface area contributed by atoms with Gasteiger partial charge in [-0.25, -0.2) is 4.98 Å². The van der Waals surface area contributed by atoms with E-state index in [2.05, 4.69) is 30.7 Å². The second-order valence-corrected chi connectivity index (χ2v) is 6.27. The molecule has 0 spiro atoms. The molecule has 0 saturated carbocycles. The molecule has 124 valence electrons. The summed E-state index contributed by atoms with van der Waals surface area (Å²) in [5, 5.41) is 0. The summed E-state index contributed by atoms with van der Waals surface area (Å²) in [6.45, 7) is 8.11. The quantitative estimate of drug-likeness (QED) is 0.841. The normalized spacial score (nSPS) is 23.9. The lowest BCUT2D eigenvalue weighted by Gasteiger charge is -2.35. The van der Waals surface area contributed by atoms with Crippen LogP contribution in [0.4, 0.5) is 0 Å². The van der Waals surface area contributed by atoms with E-state index in [1.807, 2.05) is 11.1 Å². The van der Waals surface area contributed by atoms with Crippen LogP contribution >= 0.6 is 0 Å². The predicted molar refractivity (Wildman–Crippen MR) is 86.3 cm³/mol. The second-order valence-electron chi connectivity index (χ2n) is 6.27. The molecule has 1 amide bonds. The van der Waals surface area contributed by atoms with E-state index in [0.717, 1.165) is 44.2 Å². The van der Waals surface area contributed by atoms with Crippen LogP contribution in [0.5, 0.6) is 0 Å². The van der Waals surface area contributed by atoms with Crippen molar-refractivity contribution in [2.75, 3.05) is 0 Å². The summed E-state index contributed by atoms with van der Waals surface area (Å²) in [5.41, 5.74) is 0.828. The maximum Gasteiger partial charge on any atom is 0.221 e. The third-order valence-electron chi connectivity index (χ3n) is 4.65. The zero-order valence-electron chi connectivity index (χ0n) is 14.3. The van der Waals surface area contributed by atoms with Crippen LogP contribution in [-0.4, -0.2) is 38.6 Å². The number of hydrogen-bond acceptors (Lipinski definition) is 3. The van der Waals surface area contributed by atoms with Crippen LogP contribution in [0, 0.1) is 0 Å². The van der Waals surface area contributed by atoms with Crippen molar-refractivity contribution in [2.45, 2.75) is 84.1 Å². The Morgan fingerprint density at radius 3 is 2.50 bits per heavy atom. The third-order valence-corrected chi connectivity index (χ3v) is 4.65. The molecular weight excluding hydrogens is 278 g/mol. The van der Waals surface area contributed by atoms with Gasteiger partial charge >= 0.3 is 0 Å². The molecule has 1 N–H and O–H groups in total. The van der Waals surface area contributed by atoms with E-state index in [-0.39, 0.29) is 23.8 Å². The number of nitrogens with zero attached hydrogens (tertiary/aromatic N) is 2. The fraction of sp³-hybridized carbons (Fsp3) is 0.765. The Morgan fingerprint density at radius 2 is 2.05 bits per heavy atom. The van der Waals surface area contributed by atoms with Crippen LogP contribution < -0.4 is 0 Å². The first-order valence-corrected chi connectivity index (χ1v) is 8.51. The lowest BCUT2D eigenvalue weighted by Crippen LogP contribution is -2.49. The van der Waals surface area contributed by atoms with Gasteiger partial charge in [0.25, 0.3) is 0 Å². The maximum atomic E-state index is 12.3. The van der Waals surface area contributed by atoms with Crippen molar-refractivity contribution in [3.63, 3.8) is 0 Å². The molecule has 2 heterocycles. The largest absolute Gasteiger partial charge is 0.350 e. The number of H-pyrrole nitrogens is 1. The molecule has 0 unspecified atom stereocenters. The molecule has 1 aromatic heterocycles. The fourth-order valence-corrected chi connectivity index (χ4v) is 3.87. The SMILES string of the molecule is CCCC1(CCC)O[C@@H](CC)N(C(C)=O)[C@H]1Cc1cnc[nH]1. The van der Waals surface area contributed by atoms with Crippen molar-refractivity contribution in [1.29, 1.82) is 0 Å². The number of aromatic nitrogens is 2. The highest BCUT2D eigenvalue weighted by Gasteiger charge is 2.52. The van der Waals surface area contributed by atoms with E-state index >= 15 is 0 Å². The van der Waals surface area contributed by atoms with Crippen LogP contribution in [0.2, 0.25) is 0 Å². The van der Waals surface area contributed by atoms with Crippen LogP contribution in [0.15, 0.2) is 12.5 Å². The number of aromatic amines is 1.